The SMILES string of the molecule is Cc1cc(=O)oc2cc(N)ccc12.O=C(Nc1ccccc1-c1ccccc1)c1sccc1NS(=O)(=O)c1ccccc1. The fourth-order valence-electron chi connectivity index (χ4n) is 4.35. The summed E-state index contributed by atoms with van der Waals surface area (Å²) in [5.41, 5.74) is 10.0. The first kappa shape index (κ1) is 29.3. The molecule has 4 N–H and O–H groups in total. The molecule has 43 heavy (non-hydrogen) atoms. The second kappa shape index (κ2) is 12.8. The number of fused-ring (bicyclic) bond motifs is 1. The number of benzene rings is 4. The van der Waals surface area contributed by atoms with E-state index in [1.165, 1.54) is 29.5 Å². The Labute approximate surface area is 252 Å². The van der Waals surface area contributed by atoms with Gasteiger partial charge in [0.15, 0.2) is 0 Å². The van der Waals surface area contributed by atoms with E-state index in [1.807, 2.05) is 67.6 Å². The van der Waals surface area contributed by atoms with Crippen molar-refractivity contribution in [3.63, 3.8) is 0 Å². The van der Waals surface area contributed by atoms with E-state index < -0.39 is 10.0 Å². The Hall–Kier alpha value is -5.19. The zero-order chi connectivity index (χ0) is 30.4. The lowest BCUT2D eigenvalue weighted by molar-refractivity contribution is 0.103. The van der Waals surface area contributed by atoms with Crippen molar-refractivity contribution in [2.24, 2.45) is 0 Å². The van der Waals surface area contributed by atoms with Crippen LogP contribution in [0.15, 0.2) is 135 Å². The molecule has 216 valence electrons. The molecule has 10 heteroatoms. The summed E-state index contributed by atoms with van der Waals surface area (Å²) in [6.45, 7) is 1.87. The number of nitrogens with one attached hydrogen (secondary N) is 2. The summed E-state index contributed by atoms with van der Waals surface area (Å²) in [6, 6.07) is 33.6. The van der Waals surface area contributed by atoms with Gasteiger partial charge in [-0.15, -0.1) is 11.3 Å². The van der Waals surface area contributed by atoms with Crippen LogP contribution in [0.4, 0.5) is 17.1 Å². The zero-order valence-corrected chi connectivity index (χ0v) is 24.6. The summed E-state index contributed by atoms with van der Waals surface area (Å²) < 4.78 is 32.8. The van der Waals surface area contributed by atoms with Crippen molar-refractivity contribution in [2.45, 2.75) is 11.8 Å². The number of nitrogen functional groups attached to an aromatic ring is 1. The van der Waals surface area contributed by atoms with Crippen molar-refractivity contribution >= 4 is 55.3 Å². The number of carbonyl (C=O) groups excluding carboxylic acids is 1. The highest BCUT2D eigenvalue weighted by Gasteiger charge is 2.20. The van der Waals surface area contributed by atoms with Crippen LogP contribution < -0.4 is 21.4 Å². The monoisotopic (exact) mass is 609 g/mol. The Balaban J connectivity index is 0.000000235. The van der Waals surface area contributed by atoms with Gasteiger partial charge in [-0.2, -0.15) is 0 Å². The maximum Gasteiger partial charge on any atom is 0.336 e. The van der Waals surface area contributed by atoms with Crippen LogP contribution in [0.5, 0.6) is 0 Å². The first-order chi connectivity index (χ1) is 20.7. The highest BCUT2D eigenvalue weighted by molar-refractivity contribution is 7.92. The predicted molar refractivity (Wildman–Crippen MR) is 173 cm³/mol. The minimum atomic E-state index is -3.79. The lowest BCUT2D eigenvalue weighted by Crippen LogP contribution is -2.17. The molecule has 0 saturated carbocycles. The first-order valence-electron chi connectivity index (χ1n) is 13.1. The van der Waals surface area contributed by atoms with Gasteiger partial charge in [-0.3, -0.25) is 9.52 Å². The molecule has 0 spiro atoms. The van der Waals surface area contributed by atoms with Gasteiger partial charge in [-0.1, -0.05) is 66.7 Å². The number of thiophene rings is 1. The largest absolute Gasteiger partial charge is 0.423 e. The molecule has 0 saturated heterocycles. The minimum absolute atomic E-state index is 0.136. The molecule has 0 aliphatic rings. The van der Waals surface area contributed by atoms with Gasteiger partial charge in [0, 0.05) is 34.5 Å². The standard InChI is InChI=1S/C23H18N2O3S2.C10H9NO2/c26-23(24-20-14-8-7-13-19(20)17-9-3-1-4-10-17)22-21(15-16-29-22)25-30(27,28)18-11-5-2-6-12-18;1-6-4-10(12)13-9-5-7(11)2-3-8(6)9/h1-16,25H,(H,24,26);2-5H,11H2,1H3. The summed E-state index contributed by atoms with van der Waals surface area (Å²) in [5, 5.41) is 5.52. The van der Waals surface area contributed by atoms with Crippen LogP contribution in [0.25, 0.3) is 22.1 Å². The maximum absolute atomic E-state index is 13.0. The Morgan fingerprint density at radius 2 is 1.49 bits per heavy atom. The fraction of sp³-hybridized carbons (Fsp3) is 0.0303. The van der Waals surface area contributed by atoms with E-state index in [2.05, 4.69) is 10.0 Å². The molecular weight excluding hydrogens is 583 g/mol. The van der Waals surface area contributed by atoms with Crippen LogP contribution in [0.3, 0.4) is 0 Å². The Bertz CT molecular complexity index is 2060. The number of rotatable bonds is 6. The Kier molecular flexibility index (Phi) is 8.70. The maximum atomic E-state index is 13.0. The fourth-order valence-corrected chi connectivity index (χ4v) is 6.25. The molecule has 4 aromatic carbocycles. The summed E-state index contributed by atoms with van der Waals surface area (Å²) in [4.78, 5) is 24.4. The van der Waals surface area contributed by atoms with Crippen LogP contribution in [-0.4, -0.2) is 14.3 Å². The Morgan fingerprint density at radius 3 is 2.23 bits per heavy atom. The van der Waals surface area contributed by atoms with Crippen LogP contribution in [0, 0.1) is 6.92 Å². The molecule has 0 aliphatic carbocycles. The van der Waals surface area contributed by atoms with Crippen molar-refractivity contribution in [1.82, 2.24) is 0 Å². The van der Waals surface area contributed by atoms with E-state index in [-0.39, 0.29) is 27.0 Å². The van der Waals surface area contributed by atoms with E-state index in [4.69, 9.17) is 10.2 Å². The van der Waals surface area contributed by atoms with E-state index in [0.29, 0.717) is 17.0 Å². The first-order valence-corrected chi connectivity index (χ1v) is 15.5. The van der Waals surface area contributed by atoms with Crippen LogP contribution in [0.1, 0.15) is 15.2 Å². The van der Waals surface area contributed by atoms with Gasteiger partial charge in [-0.05, 0) is 59.8 Å². The molecule has 0 fully saturated rings. The van der Waals surface area contributed by atoms with E-state index in [1.54, 1.807) is 41.8 Å². The lowest BCUT2D eigenvalue weighted by Gasteiger charge is -2.12. The van der Waals surface area contributed by atoms with Gasteiger partial charge in [0.25, 0.3) is 15.9 Å². The number of aryl methyl sites for hydroxylation is 1. The van der Waals surface area contributed by atoms with Crippen LogP contribution >= 0.6 is 11.3 Å². The molecular formula is C33H27N3O5S2. The topological polar surface area (TPSA) is 132 Å². The highest BCUT2D eigenvalue weighted by atomic mass is 32.2. The number of hydrogen-bond acceptors (Lipinski definition) is 7. The molecule has 6 aromatic rings. The number of amides is 1. The molecule has 1 amide bonds. The van der Waals surface area contributed by atoms with Gasteiger partial charge < -0.3 is 15.5 Å². The lowest BCUT2D eigenvalue weighted by atomic mass is 10.0. The van der Waals surface area contributed by atoms with Crippen molar-refractivity contribution < 1.29 is 17.6 Å². The van der Waals surface area contributed by atoms with Crippen LogP contribution in [-0.2, 0) is 10.0 Å². The van der Waals surface area contributed by atoms with Gasteiger partial charge in [0.2, 0.25) is 0 Å². The van der Waals surface area contributed by atoms with Crippen LogP contribution in [0.2, 0.25) is 0 Å². The third kappa shape index (κ3) is 7.00. The second-order valence-electron chi connectivity index (χ2n) is 9.45. The smallest absolute Gasteiger partial charge is 0.336 e. The molecule has 0 aliphatic heterocycles. The summed E-state index contributed by atoms with van der Waals surface area (Å²) in [7, 11) is -3.79. The predicted octanol–water partition coefficient (Wildman–Crippen LogP) is 7.15. The number of anilines is 3. The molecule has 0 bridgehead atoms. The average molecular weight is 610 g/mol. The second-order valence-corrected chi connectivity index (χ2v) is 12.1. The van der Waals surface area contributed by atoms with Crippen molar-refractivity contribution in [2.75, 3.05) is 15.8 Å². The molecule has 0 unspecified atom stereocenters. The summed E-state index contributed by atoms with van der Waals surface area (Å²) >= 11 is 1.18. The van der Waals surface area contributed by atoms with Crippen molar-refractivity contribution in [3.05, 3.63) is 142 Å². The van der Waals surface area contributed by atoms with E-state index in [9.17, 15) is 18.0 Å². The minimum Gasteiger partial charge on any atom is -0.423 e. The summed E-state index contributed by atoms with van der Waals surface area (Å²) in [6.07, 6.45) is 0. The molecule has 2 heterocycles. The van der Waals surface area contributed by atoms with E-state index in [0.717, 1.165) is 22.1 Å². The molecule has 8 nitrogen and oxygen atoms in total. The number of para-hydroxylation sites is 1. The quantitative estimate of drug-likeness (QED) is 0.136. The number of hydrogen-bond donors (Lipinski definition) is 3. The molecule has 2 aromatic heterocycles. The third-order valence-electron chi connectivity index (χ3n) is 6.40. The van der Waals surface area contributed by atoms with Gasteiger partial charge in [-0.25, -0.2) is 13.2 Å². The summed E-state index contributed by atoms with van der Waals surface area (Å²) in [5.74, 6) is -0.376. The van der Waals surface area contributed by atoms with Crippen molar-refractivity contribution in [3.8, 4) is 11.1 Å². The van der Waals surface area contributed by atoms with Gasteiger partial charge >= 0.3 is 5.63 Å². The number of carbonyl (C=O) groups is 1. The third-order valence-corrected chi connectivity index (χ3v) is 8.70. The number of sulfonamides is 1. The molecule has 0 radical (unpaired) electrons. The Morgan fingerprint density at radius 1 is 0.814 bits per heavy atom. The number of nitrogens with two attached hydrogens (primary N) is 1. The normalized spacial score (nSPS) is 10.9. The van der Waals surface area contributed by atoms with E-state index >= 15 is 0 Å². The highest BCUT2D eigenvalue weighted by Crippen LogP contribution is 2.30. The zero-order valence-electron chi connectivity index (χ0n) is 23.0. The van der Waals surface area contributed by atoms with Gasteiger partial charge in [0.05, 0.1) is 10.6 Å². The average Bonchev–Trinajstić information content (AvgIpc) is 3.46. The molecule has 6 rings (SSSR count). The molecule has 0 atom stereocenters. The van der Waals surface area contributed by atoms with Crippen molar-refractivity contribution in [1.29, 1.82) is 0 Å². The van der Waals surface area contributed by atoms with Gasteiger partial charge in [0.1, 0.15) is 10.5 Å².